The molecule has 1 atom stereocenters. The molecule has 152 valence electrons. The lowest BCUT2D eigenvalue weighted by molar-refractivity contribution is -0.117. The van der Waals surface area contributed by atoms with Crippen molar-refractivity contribution >= 4 is 27.3 Å². The third-order valence-electron chi connectivity index (χ3n) is 4.92. The summed E-state index contributed by atoms with van der Waals surface area (Å²) in [4.78, 5) is 13.0. The van der Waals surface area contributed by atoms with Crippen molar-refractivity contribution in [1.82, 2.24) is 0 Å². The minimum Gasteiger partial charge on any atom is -0.324 e. The molecule has 0 fully saturated rings. The number of rotatable bonds is 7. The number of benzene rings is 2. The molecule has 2 aromatic carbocycles. The first-order valence-corrected chi connectivity index (χ1v) is 11.4. The summed E-state index contributed by atoms with van der Waals surface area (Å²) in [7, 11) is -3.64. The average Bonchev–Trinajstić information content (AvgIpc) is 2.61. The molecule has 0 heterocycles. The molecule has 0 unspecified atom stereocenters. The van der Waals surface area contributed by atoms with Gasteiger partial charge in [0.2, 0.25) is 15.9 Å². The number of hydrogen-bond acceptors (Lipinski definition) is 3. The summed E-state index contributed by atoms with van der Waals surface area (Å²) in [5.41, 5.74) is 4.38. The molecule has 2 rings (SSSR count). The van der Waals surface area contributed by atoms with Gasteiger partial charge in [-0.2, -0.15) is 0 Å². The molecule has 0 spiro atoms. The molecule has 5 nitrogen and oxygen atoms in total. The van der Waals surface area contributed by atoms with Crippen molar-refractivity contribution in [3.8, 4) is 0 Å². The summed E-state index contributed by atoms with van der Waals surface area (Å²) < 4.78 is 26.3. The van der Waals surface area contributed by atoms with Crippen LogP contribution in [-0.4, -0.2) is 26.6 Å². The van der Waals surface area contributed by atoms with Crippen molar-refractivity contribution in [3.63, 3.8) is 0 Å². The van der Waals surface area contributed by atoms with Crippen LogP contribution in [0.5, 0.6) is 0 Å². The maximum Gasteiger partial charge on any atom is 0.248 e. The lowest BCUT2D eigenvalue weighted by atomic mass is 10.0. The second-order valence-electron chi connectivity index (χ2n) is 7.52. The van der Waals surface area contributed by atoms with Gasteiger partial charge >= 0.3 is 0 Å². The highest BCUT2D eigenvalue weighted by Gasteiger charge is 2.31. The van der Waals surface area contributed by atoms with Crippen molar-refractivity contribution in [2.75, 3.05) is 15.9 Å². The van der Waals surface area contributed by atoms with Crippen LogP contribution in [0.15, 0.2) is 42.5 Å². The molecule has 0 saturated carbocycles. The van der Waals surface area contributed by atoms with Crippen LogP contribution < -0.4 is 9.62 Å². The van der Waals surface area contributed by atoms with Crippen molar-refractivity contribution in [2.45, 2.75) is 53.0 Å². The first-order chi connectivity index (χ1) is 13.0. The molecular formula is C22H30N2O3S. The number of nitrogens with zero attached hydrogens (tertiary/aromatic N) is 1. The molecule has 0 radical (unpaired) electrons. The van der Waals surface area contributed by atoms with Crippen LogP contribution in [0.2, 0.25) is 0 Å². The fraction of sp³-hybridized carbons (Fsp3) is 0.409. The van der Waals surface area contributed by atoms with Gasteiger partial charge in [-0.3, -0.25) is 9.10 Å². The summed E-state index contributed by atoms with van der Waals surface area (Å²) in [6, 6.07) is 12.2. The van der Waals surface area contributed by atoms with E-state index >= 15 is 0 Å². The van der Waals surface area contributed by atoms with Crippen LogP contribution in [0.25, 0.3) is 0 Å². The van der Waals surface area contributed by atoms with Gasteiger partial charge in [-0.1, -0.05) is 39.0 Å². The van der Waals surface area contributed by atoms with Crippen LogP contribution >= 0.6 is 0 Å². The fourth-order valence-corrected chi connectivity index (χ4v) is 4.30. The number of anilines is 2. The van der Waals surface area contributed by atoms with Crippen LogP contribution in [0, 0.1) is 13.8 Å². The molecule has 1 amide bonds. The van der Waals surface area contributed by atoms with E-state index in [-0.39, 0.29) is 5.91 Å². The zero-order valence-corrected chi connectivity index (χ0v) is 18.3. The third-order valence-corrected chi connectivity index (χ3v) is 6.10. The van der Waals surface area contributed by atoms with Gasteiger partial charge < -0.3 is 5.32 Å². The number of carbonyl (C=O) groups excluding carboxylic acids is 1. The molecule has 6 heteroatoms. The quantitative estimate of drug-likeness (QED) is 0.735. The summed E-state index contributed by atoms with van der Waals surface area (Å²) in [5, 5.41) is 2.86. The predicted octanol–water partition coefficient (Wildman–Crippen LogP) is 4.61. The Labute approximate surface area is 168 Å². The molecular weight excluding hydrogens is 372 g/mol. The maximum atomic E-state index is 13.0. The average molecular weight is 403 g/mol. The van der Waals surface area contributed by atoms with E-state index in [0.29, 0.717) is 23.7 Å². The minimum absolute atomic E-state index is 0.344. The third kappa shape index (κ3) is 5.13. The Morgan fingerprint density at radius 3 is 2.11 bits per heavy atom. The number of carbonyl (C=O) groups is 1. The molecule has 1 N–H and O–H groups in total. The van der Waals surface area contributed by atoms with Gasteiger partial charge in [-0.05, 0) is 67.1 Å². The Bertz CT molecular complexity index is 935. The van der Waals surface area contributed by atoms with E-state index in [9.17, 15) is 13.2 Å². The topological polar surface area (TPSA) is 66.5 Å². The first-order valence-electron chi connectivity index (χ1n) is 9.52. The standard InChI is InChI=1S/C22H30N2O3S/c1-7-21(22(25)23-19-11-9-18(10-12-19)15(2)3)24(28(6,26)27)20-13-8-16(4)17(5)14-20/h8-15,21H,7H2,1-6H3,(H,23,25)/t21-/m1/s1. The second-order valence-corrected chi connectivity index (χ2v) is 9.38. The SMILES string of the molecule is CC[C@H](C(=O)Nc1ccc(C(C)C)cc1)N(c1ccc(C)c(C)c1)S(C)(=O)=O. The second kappa shape index (κ2) is 8.78. The van der Waals surface area contributed by atoms with Crippen LogP contribution in [0.1, 0.15) is 49.8 Å². The van der Waals surface area contributed by atoms with Gasteiger partial charge in [0.1, 0.15) is 6.04 Å². The van der Waals surface area contributed by atoms with E-state index in [4.69, 9.17) is 0 Å². The Morgan fingerprint density at radius 1 is 1.04 bits per heavy atom. The van der Waals surface area contributed by atoms with Crippen molar-refractivity contribution < 1.29 is 13.2 Å². The van der Waals surface area contributed by atoms with Gasteiger partial charge in [-0.15, -0.1) is 0 Å². The highest BCUT2D eigenvalue weighted by Crippen LogP contribution is 2.26. The lowest BCUT2D eigenvalue weighted by Gasteiger charge is -2.30. The highest BCUT2D eigenvalue weighted by molar-refractivity contribution is 7.92. The maximum absolute atomic E-state index is 13.0. The summed E-state index contributed by atoms with van der Waals surface area (Å²) in [6.45, 7) is 9.92. The van der Waals surface area contributed by atoms with E-state index < -0.39 is 16.1 Å². The normalized spacial score (nSPS) is 12.7. The summed E-state index contributed by atoms with van der Waals surface area (Å²) in [6.07, 6.45) is 1.49. The van der Waals surface area contributed by atoms with Crippen LogP contribution in [0.3, 0.4) is 0 Å². The molecule has 0 bridgehead atoms. The smallest absolute Gasteiger partial charge is 0.248 e. The molecule has 28 heavy (non-hydrogen) atoms. The summed E-state index contributed by atoms with van der Waals surface area (Å²) in [5.74, 6) is 0.0575. The Kier molecular flexibility index (Phi) is 6.88. The fourth-order valence-electron chi connectivity index (χ4n) is 3.10. The van der Waals surface area contributed by atoms with E-state index in [1.54, 1.807) is 6.07 Å². The zero-order chi connectivity index (χ0) is 21.1. The van der Waals surface area contributed by atoms with Crippen LogP contribution in [-0.2, 0) is 14.8 Å². The lowest BCUT2D eigenvalue weighted by Crippen LogP contribution is -2.47. The molecule has 0 aliphatic carbocycles. The Balaban J connectivity index is 2.34. The molecule has 2 aromatic rings. The van der Waals surface area contributed by atoms with Crippen LogP contribution in [0.4, 0.5) is 11.4 Å². The monoisotopic (exact) mass is 402 g/mol. The predicted molar refractivity (Wildman–Crippen MR) is 116 cm³/mol. The Hall–Kier alpha value is -2.34. The van der Waals surface area contributed by atoms with Crippen molar-refractivity contribution in [3.05, 3.63) is 59.2 Å². The van der Waals surface area contributed by atoms with E-state index in [1.165, 1.54) is 9.87 Å². The van der Waals surface area contributed by atoms with Gasteiger partial charge in [0.25, 0.3) is 0 Å². The van der Waals surface area contributed by atoms with Gasteiger partial charge in [-0.25, -0.2) is 8.42 Å². The molecule has 0 aliphatic rings. The number of sulfonamides is 1. The number of aryl methyl sites for hydroxylation is 2. The minimum atomic E-state index is -3.64. The van der Waals surface area contributed by atoms with Gasteiger partial charge in [0.15, 0.2) is 0 Å². The van der Waals surface area contributed by atoms with Crippen molar-refractivity contribution in [1.29, 1.82) is 0 Å². The number of hydrogen-bond donors (Lipinski definition) is 1. The zero-order valence-electron chi connectivity index (χ0n) is 17.5. The Morgan fingerprint density at radius 2 is 1.64 bits per heavy atom. The van der Waals surface area contributed by atoms with Gasteiger partial charge in [0, 0.05) is 5.69 Å². The van der Waals surface area contributed by atoms with Gasteiger partial charge in [0.05, 0.1) is 11.9 Å². The van der Waals surface area contributed by atoms with E-state index in [2.05, 4.69) is 19.2 Å². The number of amides is 1. The number of nitrogens with one attached hydrogen (secondary N) is 1. The highest BCUT2D eigenvalue weighted by atomic mass is 32.2. The molecule has 0 saturated heterocycles. The van der Waals surface area contributed by atoms with E-state index in [0.717, 1.165) is 17.4 Å². The molecule has 0 aliphatic heterocycles. The largest absolute Gasteiger partial charge is 0.324 e. The first kappa shape index (κ1) is 22.0. The summed E-state index contributed by atoms with van der Waals surface area (Å²) >= 11 is 0. The van der Waals surface area contributed by atoms with E-state index in [1.807, 2.05) is 57.2 Å². The molecule has 0 aromatic heterocycles. The van der Waals surface area contributed by atoms with Crippen molar-refractivity contribution in [2.24, 2.45) is 0 Å².